The lowest BCUT2D eigenvalue weighted by atomic mass is 9.96. The van der Waals surface area contributed by atoms with Crippen molar-refractivity contribution >= 4 is 28.8 Å². The summed E-state index contributed by atoms with van der Waals surface area (Å²) in [5.74, 6) is 0.432. The molecule has 1 N–H and O–H groups in total. The Morgan fingerprint density at radius 1 is 1.09 bits per heavy atom. The van der Waals surface area contributed by atoms with Crippen LogP contribution in [-0.4, -0.2) is 5.91 Å². The highest BCUT2D eigenvalue weighted by atomic mass is 35.5. The molecule has 2 nitrogen and oxygen atoms in total. The van der Waals surface area contributed by atoms with Crippen LogP contribution >= 0.6 is 11.6 Å². The summed E-state index contributed by atoms with van der Waals surface area (Å²) in [6, 6.07) is 12.3. The first kappa shape index (κ1) is 14.9. The van der Waals surface area contributed by atoms with Crippen molar-refractivity contribution in [2.75, 3.05) is 5.32 Å². The SMILES string of the molecule is C/C=C1\C(=O)Nc2cc(Cl)c(-c3ccc(C(C)C)cc3)cc21. The summed E-state index contributed by atoms with van der Waals surface area (Å²) in [5, 5.41) is 3.50. The molecule has 0 bridgehead atoms. The Hall–Kier alpha value is -2.06. The summed E-state index contributed by atoms with van der Waals surface area (Å²) >= 11 is 6.41. The molecule has 0 aromatic heterocycles. The van der Waals surface area contributed by atoms with Crippen molar-refractivity contribution in [1.29, 1.82) is 0 Å². The normalized spacial score (nSPS) is 15.3. The maximum Gasteiger partial charge on any atom is 0.256 e. The van der Waals surface area contributed by atoms with Crippen molar-refractivity contribution in [2.45, 2.75) is 26.7 Å². The number of carbonyl (C=O) groups excluding carboxylic acids is 1. The molecule has 0 spiro atoms. The van der Waals surface area contributed by atoms with Crippen LogP contribution < -0.4 is 5.32 Å². The standard InChI is InChI=1S/C19H18ClNO/c1-4-14-16-9-15(17(20)10-18(16)21-19(14)22)13-7-5-12(6-8-13)11(2)3/h4-11H,1-3H3,(H,21,22)/b14-4-. The fourth-order valence-electron chi connectivity index (χ4n) is 2.77. The summed E-state index contributed by atoms with van der Waals surface area (Å²) in [6.07, 6.45) is 1.83. The van der Waals surface area contributed by atoms with Crippen LogP contribution in [-0.2, 0) is 4.79 Å². The fraction of sp³-hybridized carbons (Fsp3) is 0.211. The molecule has 0 fully saturated rings. The number of fused-ring (bicyclic) bond motifs is 1. The topological polar surface area (TPSA) is 29.1 Å². The second-order valence-electron chi connectivity index (χ2n) is 5.81. The molecule has 0 aliphatic carbocycles. The van der Waals surface area contributed by atoms with Crippen LogP contribution in [0, 0.1) is 0 Å². The number of allylic oxidation sites excluding steroid dienone is 1. The molecule has 0 saturated heterocycles. The van der Waals surface area contributed by atoms with Gasteiger partial charge in [0, 0.05) is 16.7 Å². The highest BCUT2D eigenvalue weighted by Gasteiger charge is 2.25. The largest absolute Gasteiger partial charge is 0.321 e. The van der Waals surface area contributed by atoms with E-state index in [0.29, 0.717) is 16.5 Å². The lowest BCUT2D eigenvalue weighted by Crippen LogP contribution is -2.03. The van der Waals surface area contributed by atoms with E-state index in [1.165, 1.54) is 5.56 Å². The average molecular weight is 312 g/mol. The molecule has 3 rings (SSSR count). The van der Waals surface area contributed by atoms with Crippen LogP contribution in [0.25, 0.3) is 16.7 Å². The fourth-order valence-corrected chi connectivity index (χ4v) is 3.04. The molecule has 0 saturated carbocycles. The highest BCUT2D eigenvalue weighted by molar-refractivity contribution is 6.36. The van der Waals surface area contributed by atoms with E-state index in [1.54, 1.807) is 0 Å². The van der Waals surface area contributed by atoms with E-state index in [9.17, 15) is 4.79 Å². The maximum atomic E-state index is 11.9. The van der Waals surface area contributed by atoms with Crippen LogP contribution in [0.1, 0.15) is 37.8 Å². The van der Waals surface area contributed by atoms with Gasteiger partial charge < -0.3 is 5.32 Å². The molecule has 1 aliphatic rings. The van der Waals surface area contributed by atoms with Gasteiger partial charge in [-0.2, -0.15) is 0 Å². The zero-order chi connectivity index (χ0) is 15.9. The Morgan fingerprint density at radius 3 is 2.36 bits per heavy atom. The molecular formula is C19H18ClNO. The Morgan fingerprint density at radius 2 is 1.77 bits per heavy atom. The lowest BCUT2D eigenvalue weighted by Gasteiger charge is -2.10. The third-order valence-electron chi connectivity index (χ3n) is 4.07. The zero-order valence-corrected chi connectivity index (χ0v) is 13.7. The molecule has 1 heterocycles. The van der Waals surface area contributed by atoms with Gasteiger partial charge in [0.1, 0.15) is 0 Å². The highest BCUT2D eigenvalue weighted by Crippen LogP contribution is 2.39. The van der Waals surface area contributed by atoms with E-state index < -0.39 is 0 Å². The summed E-state index contributed by atoms with van der Waals surface area (Å²) in [7, 11) is 0. The van der Waals surface area contributed by atoms with Gasteiger partial charge in [0.2, 0.25) is 0 Å². The van der Waals surface area contributed by atoms with Gasteiger partial charge in [-0.1, -0.05) is 55.8 Å². The van der Waals surface area contributed by atoms with E-state index in [2.05, 4.69) is 43.4 Å². The van der Waals surface area contributed by atoms with Crippen molar-refractivity contribution in [2.24, 2.45) is 0 Å². The predicted octanol–water partition coefficient (Wildman–Crippen LogP) is 5.49. The minimum absolute atomic E-state index is 0.0686. The molecule has 2 aromatic carbocycles. The van der Waals surface area contributed by atoms with Crippen LogP contribution in [0.15, 0.2) is 42.5 Å². The zero-order valence-electron chi connectivity index (χ0n) is 12.9. The number of nitrogens with one attached hydrogen (secondary N) is 1. The van der Waals surface area contributed by atoms with Gasteiger partial charge in [-0.15, -0.1) is 0 Å². The molecule has 2 aromatic rings. The third kappa shape index (κ3) is 2.44. The van der Waals surface area contributed by atoms with Crippen molar-refractivity contribution in [3.8, 4) is 11.1 Å². The Bertz CT molecular complexity index is 773. The Balaban J connectivity index is 2.09. The van der Waals surface area contributed by atoms with Gasteiger partial charge in [0.15, 0.2) is 0 Å². The van der Waals surface area contributed by atoms with E-state index >= 15 is 0 Å². The maximum absolute atomic E-state index is 11.9. The molecule has 0 atom stereocenters. The molecule has 112 valence electrons. The Labute approximate surface area is 135 Å². The number of carbonyl (C=O) groups is 1. The number of benzene rings is 2. The number of rotatable bonds is 2. The van der Waals surface area contributed by atoms with Crippen molar-refractivity contribution < 1.29 is 4.79 Å². The van der Waals surface area contributed by atoms with E-state index in [-0.39, 0.29) is 5.91 Å². The molecule has 1 aliphatic heterocycles. The Kier molecular flexibility index (Phi) is 3.79. The first-order valence-electron chi connectivity index (χ1n) is 7.43. The summed E-state index contributed by atoms with van der Waals surface area (Å²) in [4.78, 5) is 11.9. The van der Waals surface area contributed by atoms with Crippen LogP contribution in [0.3, 0.4) is 0 Å². The van der Waals surface area contributed by atoms with Crippen LogP contribution in [0.5, 0.6) is 0 Å². The van der Waals surface area contributed by atoms with Crippen molar-refractivity contribution in [3.05, 3.63) is 58.6 Å². The van der Waals surface area contributed by atoms with E-state index in [0.717, 1.165) is 22.4 Å². The predicted molar refractivity (Wildman–Crippen MR) is 93.3 cm³/mol. The first-order valence-corrected chi connectivity index (χ1v) is 7.81. The van der Waals surface area contributed by atoms with Crippen LogP contribution in [0.2, 0.25) is 5.02 Å². The molecular weight excluding hydrogens is 294 g/mol. The second-order valence-corrected chi connectivity index (χ2v) is 6.22. The molecule has 22 heavy (non-hydrogen) atoms. The lowest BCUT2D eigenvalue weighted by molar-refractivity contribution is -0.110. The van der Waals surface area contributed by atoms with Gasteiger partial charge in [0.05, 0.1) is 10.7 Å². The molecule has 1 amide bonds. The average Bonchev–Trinajstić information content (AvgIpc) is 2.80. The number of anilines is 1. The minimum Gasteiger partial charge on any atom is -0.321 e. The second kappa shape index (κ2) is 5.62. The van der Waals surface area contributed by atoms with Gasteiger partial charge in [0.25, 0.3) is 5.91 Å². The number of hydrogen-bond acceptors (Lipinski definition) is 1. The van der Waals surface area contributed by atoms with E-state index in [4.69, 9.17) is 11.6 Å². The molecule has 0 radical (unpaired) electrons. The third-order valence-corrected chi connectivity index (χ3v) is 4.38. The molecule has 3 heteroatoms. The smallest absolute Gasteiger partial charge is 0.256 e. The van der Waals surface area contributed by atoms with Gasteiger partial charge in [-0.05, 0) is 36.1 Å². The van der Waals surface area contributed by atoms with Crippen molar-refractivity contribution in [3.63, 3.8) is 0 Å². The summed E-state index contributed by atoms with van der Waals surface area (Å²) in [5.41, 5.74) is 5.71. The van der Waals surface area contributed by atoms with Gasteiger partial charge >= 0.3 is 0 Å². The number of hydrogen-bond donors (Lipinski definition) is 1. The quantitative estimate of drug-likeness (QED) is 0.730. The van der Waals surface area contributed by atoms with Gasteiger partial charge in [-0.25, -0.2) is 0 Å². The van der Waals surface area contributed by atoms with E-state index in [1.807, 2.05) is 25.1 Å². The number of halogens is 1. The van der Waals surface area contributed by atoms with Crippen molar-refractivity contribution in [1.82, 2.24) is 0 Å². The summed E-state index contributed by atoms with van der Waals surface area (Å²) in [6.45, 7) is 6.22. The monoisotopic (exact) mass is 311 g/mol. The summed E-state index contributed by atoms with van der Waals surface area (Å²) < 4.78 is 0. The number of amides is 1. The van der Waals surface area contributed by atoms with Crippen LogP contribution in [0.4, 0.5) is 5.69 Å². The minimum atomic E-state index is -0.0686. The van der Waals surface area contributed by atoms with Gasteiger partial charge in [-0.3, -0.25) is 4.79 Å². The first-order chi connectivity index (χ1) is 10.5. The molecule has 0 unspecified atom stereocenters.